The molecule has 17 heavy (non-hydrogen) atoms. The first-order valence-corrected chi connectivity index (χ1v) is 6.64. The summed E-state index contributed by atoms with van der Waals surface area (Å²) in [6.45, 7) is 2.16. The zero-order chi connectivity index (χ0) is 12.3. The zero-order valence-corrected chi connectivity index (χ0v) is 10.5. The summed E-state index contributed by atoms with van der Waals surface area (Å²) in [7, 11) is 0. The highest BCUT2D eigenvalue weighted by Gasteiger charge is 2.31. The maximum Gasteiger partial charge on any atom is 0.0583 e. The van der Waals surface area contributed by atoms with Gasteiger partial charge >= 0.3 is 0 Å². The molecule has 3 N–H and O–H groups in total. The molecule has 0 saturated heterocycles. The summed E-state index contributed by atoms with van der Waals surface area (Å²) in [4.78, 5) is 0. The first-order chi connectivity index (χ1) is 8.16. The van der Waals surface area contributed by atoms with Crippen LogP contribution >= 0.6 is 0 Å². The molecular formula is C15H23NO. The van der Waals surface area contributed by atoms with Crippen LogP contribution in [0.15, 0.2) is 30.3 Å². The van der Waals surface area contributed by atoms with Crippen LogP contribution in [-0.4, -0.2) is 17.3 Å². The Morgan fingerprint density at radius 2 is 1.94 bits per heavy atom. The molecule has 0 amide bonds. The molecule has 2 heteroatoms. The van der Waals surface area contributed by atoms with E-state index < -0.39 is 0 Å². The van der Waals surface area contributed by atoms with Crippen molar-refractivity contribution in [2.24, 2.45) is 17.6 Å². The van der Waals surface area contributed by atoms with Crippen molar-refractivity contribution in [3.63, 3.8) is 0 Å². The zero-order valence-electron chi connectivity index (χ0n) is 10.5. The SMILES string of the molecule is C[C@@H]1[C@H](CCc2ccccc2)CC(N)C[C@@H]1O. The predicted octanol–water partition coefficient (Wildman–Crippen LogP) is 2.35. The molecule has 1 unspecified atom stereocenters. The van der Waals surface area contributed by atoms with Gasteiger partial charge in [0.05, 0.1) is 6.10 Å². The van der Waals surface area contributed by atoms with E-state index in [4.69, 9.17) is 5.73 Å². The number of rotatable bonds is 3. The number of aliphatic hydroxyl groups excluding tert-OH is 1. The van der Waals surface area contributed by atoms with Gasteiger partial charge in [0.2, 0.25) is 0 Å². The Hall–Kier alpha value is -0.860. The normalized spacial score (nSPS) is 33.6. The Bertz CT molecular complexity index is 338. The average Bonchev–Trinajstić information content (AvgIpc) is 2.33. The lowest BCUT2D eigenvalue weighted by molar-refractivity contribution is 0.0309. The van der Waals surface area contributed by atoms with Crippen LogP contribution in [0.25, 0.3) is 0 Å². The molecule has 0 aliphatic heterocycles. The Morgan fingerprint density at radius 1 is 1.24 bits per heavy atom. The summed E-state index contributed by atoms with van der Waals surface area (Å²) >= 11 is 0. The van der Waals surface area contributed by atoms with E-state index >= 15 is 0 Å². The van der Waals surface area contributed by atoms with E-state index in [2.05, 4.69) is 31.2 Å². The number of hydrogen-bond donors (Lipinski definition) is 2. The molecule has 1 aliphatic rings. The van der Waals surface area contributed by atoms with Crippen LogP contribution in [0.3, 0.4) is 0 Å². The van der Waals surface area contributed by atoms with Gasteiger partial charge in [-0.25, -0.2) is 0 Å². The van der Waals surface area contributed by atoms with Crippen molar-refractivity contribution in [1.29, 1.82) is 0 Å². The van der Waals surface area contributed by atoms with Crippen LogP contribution in [0.2, 0.25) is 0 Å². The molecule has 1 aliphatic carbocycles. The number of hydrogen-bond acceptors (Lipinski definition) is 2. The Balaban J connectivity index is 1.89. The summed E-state index contributed by atoms with van der Waals surface area (Å²) in [5.74, 6) is 0.951. The van der Waals surface area contributed by atoms with E-state index in [1.54, 1.807) is 0 Å². The second-order valence-electron chi connectivity index (χ2n) is 5.44. The molecule has 1 saturated carbocycles. The lowest BCUT2D eigenvalue weighted by atomic mass is 9.74. The van der Waals surface area contributed by atoms with Gasteiger partial charge in [0.25, 0.3) is 0 Å². The van der Waals surface area contributed by atoms with Gasteiger partial charge in [-0.2, -0.15) is 0 Å². The maximum atomic E-state index is 9.94. The van der Waals surface area contributed by atoms with Gasteiger partial charge in [0.15, 0.2) is 0 Å². The van der Waals surface area contributed by atoms with Crippen LogP contribution in [0.1, 0.15) is 31.7 Å². The van der Waals surface area contributed by atoms with Crippen molar-refractivity contribution >= 4 is 0 Å². The molecule has 1 aromatic carbocycles. The van der Waals surface area contributed by atoms with E-state index in [9.17, 15) is 5.11 Å². The quantitative estimate of drug-likeness (QED) is 0.842. The fraction of sp³-hybridized carbons (Fsp3) is 0.600. The average molecular weight is 233 g/mol. The molecule has 0 bridgehead atoms. The van der Waals surface area contributed by atoms with E-state index in [0.29, 0.717) is 11.8 Å². The minimum absolute atomic E-state index is 0.182. The monoisotopic (exact) mass is 233 g/mol. The molecule has 0 heterocycles. The van der Waals surface area contributed by atoms with Gasteiger partial charge in [-0.15, -0.1) is 0 Å². The molecule has 2 rings (SSSR count). The number of aliphatic hydroxyl groups is 1. The molecule has 1 aromatic rings. The lowest BCUT2D eigenvalue weighted by Crippen LogP contribution is -2.41. The number of benzene rings is 1. The third-order valence-corrected chi connectivity index (χ3v) is 4.15. The maximum absolute atomic E-state index is 9.94. The summed E-state index contributed by atoms with van der Waals surface area (Å²) in [5, 5.41) is 9.94. The van der Waals surface area contributed by atoms with Gasteiger partial charge in [-0.3, -0.25) is 0 Å². The number of nitrogens with two attached hydrogens (primary N) is 1. The van der Waals surface area contributed by atoms with Crippen molar-refractivity contribution in [2.45, 2.75) is 44.8 Å². The third kappa shape index (κ3) is 3.30. The lowest BCUT2D eigenvalue weighted by Gasteiger charge is -2.36. The summed E-state index contributed by atoms with van der Waals surface area (Å²) in [6, 6.07) is 10.7. The number of aryl methyl sites for hydroxylation is 1. The first-order valence-electron chi connectivity index (χ1n) is 6.64. The van der Waals surface area contributed by atoms with E-state index in [0.717, 1.165) is 25.7 Å². The molecule has 4 atom stereocenters. The van der Waals surface area contributed by atoms with Crippen molar-refractivity contribution in [3.05, 3.63) is 35.9 Å². The van der Waals surface area contributed by atoms with Crippen LogP contribution in [0.5, 0.6) is 0 Å². The van der Waals surface area contributed by atoms with E-state index in [1.807, 2.05) is 6.07 Å². The minimum Gasteiger partial charge on any atom is -0.393 e. The Kier molecular flexibility index (Phi) is 4.19. The molecule has 1 fully saturated rings. The standard InChI is InChI=1S/C15H23NO/c1-11-13(9-14(16)10-15(11)17)8-7-12-5-3-2-4-6-12/h2-6,11,13-15,17H,7-10,16H2,1H3/t11-,13-,14?,15+/m1/s1. The highest BCUT2D eigenvalue weighted by atomic mass is 16.3. The predicted molar refractivity (Wildman–Crippen MR) is 70.6 cm³/mol. The van der Waals surface area contributed by atoms with Crippen LogP contribution in [0.4, 0.5) is 0 Å². The van der Waals surface area contributed by atoms with Crippen molar-refractivity contribution in [3.8, 4) is 0 Å². The molecule has 0 aromatic heterocycles. The molecular weight excluding hydrogens is 210 g/mol. The van der Waals surface area contributed by atoms with Gasteiger partial charge in [-0.05, 0) is 43.1 Å². The Labute approximate surface area is 104 Å². The van der Waals surface area contributed by atoms with Crippen LogP contribution < -0.4 is 5.73 Å². The molecule has 0 radical (unpaired) electrons. The molecule has 0 spiro atoms. The highest BCUT2D eigenvalue weighted by Crippen LogP contribution is 2.32. The van der Waals surface area contributed by atoms with Crippen molar-refractivity contribution in [1.82, 2.24) is 0 Å². The first kappa shape index (κ1) is 12.6. The van der Waals surface area contributed by atoms with Gasteiger partial charge < -0.3 is 10.8 Å². The third-order valence-electron chi connectivity index (χ3n) is 4.15. The van der Waals surface area contributed by atoms with E-state index in [1.165, 1.54) is 5.56 Å². The van der Waals surface area contributed by atoms with Crippen LogP contribution in [-0.2, 0) is 6.42 Å². The second-order valence-corrected chi connectivity index (χ2v) is 5.44. The summed E-state index contributed by atoms with van der Waals surface area (Å²) in [5.41, 5.74) is 7.37. The molecule has 94 valence electrons. The second kappa shape index (κ2) is 5.65. The summed E-state index contributed by atoms with van der Waals surface area (Å²) < 4.78 is 0. The highest BCUT2D eigenvalue weighted by molar-refractivity contribution is 5.14. The van der Waals surface area contributed by atoms with Gasteiger partial charge in [0.1, 0.15) is 0 Å². The topological polar surface area (TPSA) is 46.2 Å². The van der Waals surface area contributed by atoms with E-state index in [-0.39, 0.29) is 12.1 Å². The van der Waals surface area contributed by atoms with Crippen molar-refractivity contribution in [2.75, 3.05) is 0 Å². The Morgan fingerprint density at radius 3 is 2.65 bits per heavy atom. The smallest absolute Gasteiger partial charge is 0.0583 e. The summed E-state index contributed by atoms with van der Waals surface area (Å²) in [6.07, 6.45) is 3.85. The van der Waals surface area contributed by atoms with Gasteiger partial charge in [0, 0.05) is 6.04 Å². The fourth-order valence-corrected chi connectivity index (χ4v) is 2.92. The van der Waals surface area contributed by atoms with Crippen molar-refractivity contribution < 1.29 is 5.11 Å². The fourth-order valence-electron chi connectivity index (χ4n) is 2.92. The molecule has 2 nitrogen and oxygen atoms in total. The largest absolute Gasteiger partial charge is 0.393 e. The minimum atomic E-state index is -0.209. The van der Waals surface area contributed by atoms with Gasteiger partial charge in [-0.1, -0.05) is 37.3 Å². The van der Waals surface area contributed by atoms with Crippen LogP contribution in [0, 0.1) is 11.8 Å².